The molecule has 2 heterocycles. The number of halogens is 4. The molecule has 6 fully saturated rings. The number of rotatable bonds is 14. The Morgan fingerprint density at radius 1 is 0.333 bits per heavy atom. The van der Waals surface area contributed by atoms with E-state index >= 15 is 0 Å². The highest BCUT2D eigenvalue weighted by atomic mass is 19.1. The van der Waals surface area contributed by atoms with E-state index in [2.05, 4.69) is 21.3 Å². The van der Waals surface area contributed by atoms with Crippen molar-refractivity contribution in [3.63, 3.8) is 0 Å². The molecule has 4 saturated carbocycles. The maximum Gasteiger partial charge on any atom is 0.253 e. The van der Waals surface area contributed by atoms with Crippen LogP contribution in [0.3, 0.4) is 0 Å². The molecule has 72 heavy (non-hydrogen) atoms. The van der Waals surface area contributed by atoms with Gasteiger partial charge in [-0.15, -0.1) is 0 Å². The number of nitrogens with zero attached hydrogens (tertiary/aromatic N) is 2. The summed E-state index contributed by atoms with van der Waals surface area (Å²) in [5, 5.41) is 12.2. The average Bonchev–Trinajstić information content (AvgIpc) is 4.32. The van der Waals surface area contributed by atoms with Crippen molar-refractivity contribution < 1.29 is 46.3 Å². The highest BCUT2D eigenvalue weighted by molar-refractivity contribution is 6.00. The first-order chi connectivity index (χ1) is 34.7. The highest BCUT2D eigenvalue weighted by Crippen LogP contribution is 2.45. The van der Waals surface area contributed by atoms with E-state index in [1.165, 1.54) is 82.6 Å². The van der Waals surface area contributed by atoms with Gasteiger partial charge in [-0.05, 0) is 121 Å². The lowest BCUT2D eigenvalue weighted by Gasteiger charge is -2.18. The SMILES string of the molecule is O=C(N[C@H]1C[C@H]1c1ccc(F)cc1)C1CN(C(=O)c2ccc(C(=O)N3C[C@@H](C(=O)NC4CC4c4ccc(F)cc4)[C@H](C(=O)NC4C[C@@H]4c4ccc(F)cc4)C3)cc2)C[C@H]1C(=O)NC1CC1c1ccc(F)cc1. The maximum absolute atomic E-state index is 14.2. The number of likely N-dealkylation sites (tertiary alicyclic amines) is 2. The van der Waals surface area contributed by atoms with Gasteiger partial charge in [0.1, 0.15) is 23.3 Å². The van der Waals surface area contributed by atoms with E-state index in [0.717, 1.165) is 22.3 Å². The Hall–Kier alpha value is -7.36. The molecule has 0 spiro atoms. The zero-order valence-electron chi connectivity index (χ0n) is 39.0. The van der Waals surface area contributed by atoms with Crippen LogP contribution in [-0.4, -0.2) is 95.6 Å². The van der Waals surface area contributed by atoms with Gasteiger partial charge in [0.25, 0.3) is 11.8 Å². The summed E-state index contributed by atoms with van der Waals surface area (Å²) >= 11 is 0. The molecule has 2 aliphatic heterocycles. The Balaban J connectivity index is 0.757. The minimum atomic E-state index is -0.875. The molecule has 11 rings (SSSR count). The molecule has 12 nitrogen and oxygen atoms in total. The van der Waals surface area contributed by atoms with Gasteiger partial charge in [0.15, 0.2) is 0 Å². The molecule has 6 amide bonds. The van der Waals surface area contributed by atoms with Crippen LogP contribution in [0.15, 0.2) is 121 Å². The highest BCUT2D eigenvalue weighted by Gasteiger charge is 2.51. The Labute approximate surface area is 412 Å². The fourth-order valence-electron chi connectivity index (χ4n) is 11.0. The third-order valence-corrected chi connectivity index (χ3v) is 15.6. The predicted molar refractivity (Wildman–Crippen MR) is 255 cm³/mol. The van der Waals surface area contributed by atoms with Crippen LogP contribution in [0.2, 0.25) is 0 Å². The molecule has 0 bridgehead atoms. The van der Waals surface area contributed by atoms with Gasteiger partial charge in [-0.25, -0.2) is 17.6 Å². The van der Waals surface area contributed by atoms with Crippen molar-refractivity contribution in [1.29, 1.82) is 0 Å². The van der Waals surface area contributed by atoms with Crippen molar-refractivity contribution in [3.05, 3.63) is 178 Å². The van der Waals surface area contributed by atoms with Crippen LogP contribution in [0.5, 0.6) is 0 Å². The maximum atomic E-state index is 14.2. The standard InChI is InChI=1S/C56H52F4N6O6/c57-35-13-5-29(6-14-35)39-21-47(39)61-51(67)43-25-65(26-44(43)52(68)62-48-22-40(48)30-7-15-36(58)16-8-30)55(71)33-1-2-34(4-3-33)56(72)66-27-45(53(69)63-49-23-41(49)31-9-17-37(59)18-10-31)46(28-66)54(70)64-50-24-42(50)32-11-19-38(60)20-12-32/h1-20,39-50H,21-28H2,(H,61,67)(H,62,68)(H,63,69)(H,64,70)/t39-,40?,41+,42?,43-,44-,45?,46-,47?,48?,49+,50?/m1/s1. The average molecular weight is 981 g/mol. The fraction of sp³-hybridized carbons (Fsp3) is 0.357. The lowest BCUT2D eigenvalue weighted by molar-refractivity contribution is -0.133. The Kier molecular flexibility index (Phi) is 12.4. The largest absolute Gasteiger partial charge is 0.352 e. The number of benzene rings is 5. The van der Waals surface area contributed by atoms with E-state index in [-0.39, 0.29) is 132 Å². The van der Waals surface area contributed by atoms with Crippen molar-refractivity contribution in [2.75, 3.05) is 26.2 Å². The molecule has 370 valence electrons. The Morgan fingerprint density at radius 2 is 0.542 bits per heavy atom. The fourth-order valence-corrected chi connectivity index (χ4v) is 11.0. The first-order valence-corrected chi connectivity index (χ1v) is 24.7. The Morgan fingerprint density at radius 3 is 0.750 bits per heavy atom. The second-order valence-corrected chi connectivity index (χ2v) is 20.5. The topological polar surface area (TPSA) is 157 Å². The van der Waals surface area contributed by atoms with Crippen LogP contribution in [0.4, 0.5) is 17.6 Å². The summed E-state index contributed by atoms with van der Waals surface area (Å²) in [6.45, 7) is -0.162. The number of amides is 6. The van der Waals surface area contributed by atoms with Crippen molar-refractivity contribution in [2.45, 2.75) is 73.5 Å². The quantitative estimate of drug-likeness (QED) is 0.0957. The third-order valence-electron chi connectivity index (χ3n) is 15.6. The van der Waals surface area contributed by atoms with Crippen LogP contribution < -0.4 is 21.3 Å². The van der Waals surface area contributed by atoms with Crippen LogP contribution in [0.1, 0.15) is 92.3 Å². The lowest BCUT2D eigenvalue weighted by Crippen LogP contribution is -2.43. The van der Waals surface area contributed by atoms with E-state index in [1.54, 1.807) is 48.5 Å². The number of hydrogen-bond acceptors (Lipinski definition) is 6. The van der Waals surface area contributed by atoms with E-state index in [0.29, 0.717) is 25.7 Å². The van der Waals surface area contributed by atoms with E-state index in [1.807, 2.05) is 0 Å². The molecule has 6 aliphatic rings. The smallest absolute Gasteiger partial charge is 0.253 e. The number of nitrogens with one attached hydrogen (secondary N) is 4. The minimum absolute atomic E-state index is 0.00850. The second-order valence-electron chi connectivity index (χ2n) is 20.5. The molecular formula is C56H52F4N6O6. The van der Waals surface area contributed by atoms with E-state index in [4.69, 9.17) is 0 Å². The molecule has 4 N–H and O–H groups in total. The molecule has 12 atom stereocenters. The first-order valence-electron chi connectivity index (χ1n) is 24.7. The Bertz CT molecular complexity index is 2560. The third kappa shape index (κ3) is 9.95. The van der Waals surface area contributed by atoms with Gasteiger partial charge in [0.05, 0.1) is 23.7 Å². The summed E-state index contributed by atoms with van der Waals surface area (Å²) in [5.41, 5.74) is 4.00. The van der Waals surface area contributed by atoms with Crippen molar-refractivity contribution in [2.24, 2.45) is 23.7 Å². The van der Waals surface area contributed by atoms with Gasteiger partial charge in [-0.2, -0.15) is 0 Å². The lowest BCUT2D eigenvalue weighted by atomic mass is 9.94. The van der Waals surface area contributed by atoms with E-state index in [9.17, 15) is 46.3 Å². The molecular weight excluding hydrogens is 929 g/mol. The van der Waals surface area contributed by atoms with Crippen molar-refractivity contribution in [3.8, 4) is 0 Å². The van der Waals surface area contributed by atoms with Gasteiger partial charge in [0.2, 0.25) is 23.6 Å². The van der Waals surface area contributed by atoms with Crippen molar-refractivity contribution >= 4 is 35.4 Å². The van der Waals surface area contributed by atoms with Gasteiger partial charge >= 0.3 is 0 Å². The molecule has 4 aliphatic carbocycles. The van der Waals surface area contributed by atoms with Gasteiger partial charge in [0, 0.05) is 85.1 Å². The molecule has 16 heteroatoms. The first kappa shape index (κ1) is 47.0. The van der Waals surface area contributed by atoms with Crippen LogP contribution in [0.25, 0.3) is 0 Å². The van der Waals surface area contributed by atoms with Crippen LogP contribution in [-0.2, 0) is 19.2 Å². The van der Waals surface area contributed by atoms with Gasteiger partial charge < -0.3 is 31.1 Å². The summed E-state index contributed by atoms with van der Waals surface area (Å²) in [5.74, 6) is -7.34. The number of hydrogen-bond donors (Lipinski definition) is 4. The normalized spacial score (nSPS) is 28.7. The zero-order valence-corrected chi connectivity index (χ0v) is 39.0. The summed E-state index contributed by atoms with van der Waals surface area (Å²) in [6.07, 6.45) is 2.59. The van der Waals surface area contributed by atoms with Gasteiger partial charge in [-0.1, -0.05) is 48.5 Å². The number of carbonyl (C=O) groups excluding carboxylic acids is 6. The minimum Gasteiger partial charge on any atom is -0.352 e. The second kappa shape index (κ2) is 19.0. The van der Waals surface area contributed by atoms with Crippen LogP contribution in [0, 0.1) is 46.9 Å². The summed E-state index contributed by atoms with van der Waals surface area (Å²) in [7, 11) is 0. The predicted octanol–water partition coefficient (Wildman–Crippen LogP) is 6.31. The molecule has 0 aromatic heterocycles. The monoisotopic (exact) mass is 980 g/mol. The van der Waals surface area contributed by atoms with E-state index < -0.39 is 35.5 Å². The van der Waals surface area contributed by atoms with Crippen molar-refractivity contribution in [1.82, 2.24) is 31.1 Å². The summed E-state index contributed by atoms with van der Waals surface area (Å²) in [4.78, 5) is 87.2. The molecule has 0 radical (unpaired) electrons. The summed E-state index contributed by atoms with van der Waals surface area (Å²) < 4.78 is 54.5. The molecule has 6 unspecified atom stereocenters. The molecule has 5 aromatic rings. The number of carbonyl (C=O) groups is 6. The molecule has 5 aromatic carbocycles. The van der Waals surface area contributed by atoms with Gasteiger partial charge in [-0.3, -0.25) is 28.8 Å². The summed E-state index contributed by atoms with van der Waals surface area (Å²) in [6, 6.07) is 29.6. The molecule has 2 saturated heterocycles. The zero-order chi connectivity index (χ0) is 49.9. The van der Waals surface area contributed by atoms with Crippen LogP contribution >= 0.6 is 0 Å².